The van der Waals surface area contributed by atoms with Crippen molar-refractivity contribution in [3.05, 3.63) is 28.6 Å². The fourth-order valence-electron chi connectivity index (χ4n) is 3.21. The van der Waals surface area contributed by atoms with Crippen molar-refractivity contribution in [1.29, 1.82) is 0 Å². The zero-order valence-corrected chi connectivity index (χ0v) is 13.9. The van der Waals surface area contributed by atoms with E-state index in [1.54, 1.807) is 11.5 Å². The summed E-state index contributed by atoms with van der Waals surface area (Å²) in [6.07, 6.45) is 4.98. The molecule has 1 aliphatic rings. The lowest BCUT2D eigenvalue weighted by Crippen LogP contribution is -2.33. The van der Waals surface area contributed by atoms with E-state index < -0.39 is 0 Å². The first-order chi connectivity index (χ1) is 10.7. The summed E-state index contributed by atoms with van der Waals surface area (Å²) in [4.78, 5) is 15.2. The third kappa shape index (κ3) is 3.15. The highest BCUT2D eigenvalue weighted by Gasteiger charge is 2.23. The van der Waals surface area contributed by atoms with Gasteiger partial charge in [0, 0.05) is 15.8 Å². The van der Waals surface area contributed by atoms with Gasteiger partial charge in [-0.15, -0.1) is 0 Å². The van der Waals surface area contributed by atoms with Crippen LogP contribution in [0.5, 0.6) is 0 Å². The molecule has 1 amide bonds. The Morgan fingerprint density at radius 2 is 2.18 bits per heavy atom. The fourth-order valence-corrected chi connectivity index (χ4v) is 4.21. The molecule has 4 nitrogen and oxygen atoms in total. The molecular formula is C17H23N3OS. The van der Waals surface area contributed by atoms with E-state index in [9.17, 15) is 4.79 Å². The van der Waals surface area contributed by atoms with Gasteiger partial charge in [-0.3, -0.25) is 4.79 Å². The number of benzene rings is 1. The third-order valence-corrected chi connectivity index (χ3v) is 5.61. The van der Waals surface area contributed by atoms with Gasteiger partial charge in [0.05, 0.1) is 5.52 Å². The lowest BCUT2D eigenvalue weighted by Gasteiger charge is -2.31. The van der Waals surface area contributed by atoms with Crippen molar-refractivity contribution >= 4 is 28.3 Å². The molecule has 1 fully saturated rings. The van der Waals surface area contributed by atoms with Crippen LogP contribution in [0, 0.1) is 0 Å². The summed E-state index contributed by atoms with van der Waals surface area (Å²) < 4.78 is 4.53. The van der Waals surface area contributed by atoms with Crippen molar-refractivity contribution in [2.24, 2.45) is 5.73 Å². The molecule has 0 bridgehead atoms. The number of piperidine rings is 1. The van der Waals surface area contributed by atoms with Gasteiger partial charge in [-0.2, -0.15) is 4.37 Å². The van der Waals surface area contributed by atoms with Crippen molar-refractivity contribution in [2.45, 2.75) is 38.5 Å². The molecule has 0 saturated carbocycles. The van der Waals surface area contributed by atoms with Gasteiger partial charge in [0.25, 0.3) is 0 Å². The van der Waals surface area contributed by atoms with E-state index in [1.165, 1.54) is 55.6 Å². The van der Waals surface area contributed by atoms with Crippen LogP contribution < -0.4 is 5.73 Å². The Bertz CT molecular complexity index is 659. The highest BCUT2D eigenvalue weighted by Crippen LogP contribution is 2.36. The maximum atomic E-state index is 11.3. The van der Waals surface area contributed by atoms with E-state index in [4.69, 9.17) is 5.73 Å². The molecule has 3 rings (SSSR count). The second-order valence-corrected chi connectivity index (χ2v) is 6.92. The van der Waals surface area contributed by atoms with Gasteiger partial charge < -0.3 is 10.6 Å². The summed E-state index contributed by atoms with van der Waals surface area (Å²) in [5.74, 6) is 0.216. The third-order valence-electron chi connectivity index (χ3n) is 4.58. The average Bonchev–Trinajstić information content (AvgIpc) is 2.96. The quantitative estimate of drug-likeness (QED) is 0.919. The molecule has 5 heteroatoms. The number of carbonyl (C=O) groups excluding carboxylic acids is 1. The van der Waals surface area contributed by atoms with Gasteiger partial charge in [0.1, 0.15) is 0 Å². The number of carbonyl (C=O) groups is 1. The highest BCUT2D eigenvalue weighted by molar-refractivity contribution is 7.07. The summed E-state index contributed by atoms with van der Waals surface area (Å²) in [6, 6.07) is 5.64. The van der Waals surface area contributed by atoms with E-state index in [-0.39, 0.29) is 5.91 Å². The average molecular weight is 317 g/mol. The second-order valence-electron chi connectivity index (χ2n) is 6.11. The molecule has 1 saturated heterocycles. The van der Waals surface area contributed by atoms with Crippen LogP contribution in [0.1, 0.15) is 53.8 Å². The first-order valence-corrected chi connectivity index (χ1v) is 8.88. The second kappa shape index (κ2) is 6.75. The van der Waals surface area contributed by atoms with Crippen molar-refractivity contribution in [3.8, 4) is 0 Å². The summed E-state index contributed by atoms with van der Waals surface area (Å²) in [5.41, 5.74) is 6.79. The summed E-state index contributed by atoms with van der Waals surface area (Å²) >= 11 is 1.59. The van der Waals surface area contributed by atoms with Crippen molar-refractivity contribution in [1.82, 2.24) is 9.27 Å². The molecule has 2 heterocycles. The van der Waals surface area contributed by atoms with Crippen LogP contribution in [0.15, 0.2) is 18.2 Å². The molecule has 0 aliphatic carbocycles. The van der Waals surface area contributed by atoms with Gasteiger partial charge in [-0.25, -0.2) is 0 Å². The minimum Gasteiger partial charge on any atom is -0.366 e. The SMILES string of the molecule is CCCCN1CCC(c2snc3cc(C(N)=O)ccc23)CC1. The zero-order valence-electron chi connectivity index (χ0n) is 13.0. The Morgan fingerprint density at radius 3 is 2.86 bits per heavy atom. The van der Waals surface area contributed by atoms with Gasteiger partial charge in [-0.05, 0) is 68.5 Å². The van der Waals surface area contributed by atoms with Gasteiger partial charge >= 0.3 is 0 Å². The lowest BCUT2D eigenvalue weighted by molar-refractivity contribution is 0.100. The minimum atomic E-state index is -0.388. The smallest absolute Gasteiger partial charge is 0.248 e. The number of primary amides is 1. The van der Waals surface area contributed by atoms with Gasteiger partial charge in [0.2, 0.25) is 5.91 Å². The first kappa shape index (κ1) is 15.4. The Labute approximate surface area is 135 Å². The summed E-state index contributed by atoms with van der Waals surface area (Å²) in [5, 5.41) is 1.20. The number of aromatic nitrogens is 1. The van der Waals surface area contributed by atoms with Crippen molar-refractivity contribution in [2.75, 3.05) is 19.6 Å². The molecule has 1 aromatic heterocycles. The number of hydrogen-bond donors (Lipinski definition) is 1. The van der Waals surface area contributed by atoms with E-state index in [1.807, 2.05) is 18.2 Å². The number of unbranched alkanes of at least 4 members (excludes halogenated alkanes) is 1. The molecule has 22 heavy (non-hydrogen) atoms. The minimum absolute atomic E-state index is 0.388. The van der Waals surface area contributed by atoms with Crippen LogP contribution in [0.25, 0.3) is 10.9 Å². The van der Waals surface area contributed by atoms with Crippen LogP contribution in [0.4, 0.5) is 0 Å². The van der Waals surface area contributed by atoms with E-state index in [0.29, 0.717) is 11.5 Å². The molecular weight excluding hydrogens is 294 g/mol. The number of likely N-dealkylation sites (tertiary alicyclic amines) is 1. The normalized spacial score (nSPS) is 17.1. The molecule has 0 spiro atoms. The van der Waals surface area contributed by atoms with E-state index in [0.717, 1.165) is 5.52 Å². The molecule has 0 radical (unpaired) electrons. The Kier molecular flexibility index (Phi) is 4.74. The Balaban J connectivity index is 1.73. The largest absolute Gasteiger partial charge is 0.366 e. The van der Waals surface area contributed by atoms with Crippen molar-refractivity contribution in [3.63, 3.8) is 0 Å². The predicted molar refractivity (Wildman–Crippen MR) is 91.5 cm³/mol. The molecule has 118 valence electrons. The van der Waals surface area contributed by atoms with Crippen LogP contribution in [0.3, 0.4) is 0 Å². The summed E-state index contributed by atoms with van der Waals surface area (Å²) in [7, 11) is 0. The molecule has 1 aliphatic heterocycles. The van der Waals surface area contributed by atoms with Gasteiger partial charge in [-0.1, -0.05) is 19.4 Å². The van der Waals surface area contributed by atoms with Crippen LogP contribution in [-0.4, -0.2) is 34.8 Å². The van der Waals surface area contributed by atoms with Crippen LogP contribution in [0.2, 0.25) is 0 Å². The Hall–Kier alpha value is -1.46. The monoisotopic (exact) mass is 317 g/mol. The van der Waals surface area contributed by atoms with Crippen LogP contribution >= 0.6 is 11.5 Å². The Morgan fingerprint density at radius 1 is 1.41 bits per heavy atom. The number of nitrogens with two attached hydrogens (primary N) is 1. The number of fused-ring (bicyclic) bond motifs is 1. The van der Waals surface area contributed by atoms with E-state index in [2.05, 4.69) is 16.2 Å². The van der Waals surface area contributed by atoms with Crippen molar-refractivity contribution < 1.29 is 4.79 Å². The molecule has 1 aromatic carbocycles. The number of rotatable bonds is 5. The van der Waals surface area contributed by atoms with Crippen LogP contribution in [-0.2, 0) is 0 Å². The van der Waals surface area contributed by atoms with E-state index >= 15 is 0 Å². The molecule has 2 aromatic rings. The number of hydrogen-bond acceptors (Lipinski definition) is 4. The maximum absolute atomic E-state index is 11.3. The highest BCUT2D eigenvalue weighted by atomic mass is 32.1. The number of nitrogens with zero attached hydrogens (tertiary/aromatic N) is 2. The predicted octanol–water partition coefficient (Wildman–Crippen LogP) is 3.37. The molecule has 0 unspecified atom stereocenters. The standard InChI is InChI=1S/C17H23N3OS/c1-2-3-8-20-9-6-12(7-10-20)16-14-5-4-13(17(18)21)11-15(14)19-22-16/h4-5,11-12H,2-3,6-10H2,1H3,(H2,18,21). The first-order valence-electron chi connectivity index (χ1n) is 8.10. The zero-order chi connectivity index (χ0) is 15.5. The maximum Gasteiger partial charge on any atom is 0.248 e. The van der Waals surface area contributed by atoms with Gasteiger partial charge in [0.15, 0.2) is 0 Å². The fraction of sp³-hybridized carbons (Fsp3) is 0.529. The molecule has 2 N–H and O–H groups in total. The topological polar surface area (TPSA) is 59.2 Å². The summed E-state index contributed by atoms with van der Waals surface area (Å²) in [6.45, 7) is 5.85. The lowest BCUT2D eigenvalue weighted by atomic mass is 9.93. The number of amides is 1. The molecule has 0 atom stereocenters.